The molecule has 0 aliphatic heterocycles. The zero-order valence-corrected chi connectivity index (χ0v) is 9.34. The van der Waals surface area contributed by atoms with Crippen molar-refractivity contribution in [3.05, 3.63) is 0 Å². The Hall–Kier alpha value is -0.510. The fraction of sp³-hybridized carbons (Fsp3) is 0.917. The topological polar surface area (TPSA) is 23.8 Å². The Morgan fingerprint density at radius 3 is 2.31 bits per heavy atom. The standard InChI is InChI=1S/C10H17N.C2H6/c1-9(5-4-8-11)10-6-2-3-7-10;1-2/h9-10H,2-7H2,1H3;1-2H3. The van der Waals surface area contributed by atoms with E-state index in [0.717, 1.165) is 24.7 Å². The number of nitrogens with zero attached hydrogens (tertiary/aromatic N) is 1. The van der Waals surface area contributed by atoms with Gasteiger partial charge >= 0.3 is 0 Å². The lowest BCUT2D eigenvalue weighted by Gasteiger charge is -2.16. The van der Waals surface area contributed by atoms with Crippen LogP contribution in [-0.4, -0.2) is 0 Å². The van der Waals surface area contributed by atoms with Gasteiger partial charge in [-0.2, -0.15) is 5.26 Å². The minimum Gasteiger partial charge on any atom is -0.198 e. The maximum absolute atomic E-state index is 8.41. The summed E-state index contributed by atoms with van der Waals surface area (Å²) in [6.07, 6.45) is 7.52. The molecule has 0 bridgehead atoms. The first-order valence-corrected chi connectivity index (χ1v) is 5.71. The Morgan fingerprint density at radius 1 is 1.31 bits per heavy atom. The number of hydrogen-bond donors (Lipinski definition) is 0. The van der Waals surface area contributed by atoms with Gasteiger partial charge in [0.25, 0.3) is 0 Å². The summed E-state index contributed by atoms with van der Waals surface area (Å²) in [5.74, 6) is 1.72. The molecule has 1 heteroatoms. The highest BCUT2D eigenvalue weighted by molar-refractivity contribution is 4.77. The number of hydrogen-bond acceptors (Lipinski definition) is 1. The Balaban J connectivity index is 0.000000671. The molecule has 0 heterocycles. The van der Waals surface area contributed by atoms with E-state index in [0.29, 0.717) is 0 Å². The second kappa shape index (κ2) is 8.10. The molecule has 1 aliphatic rings. The highest BCUT2D eigenvalue weighted by atomic mass is 14.3. The van der Waals surface area contributed by atoms with Crippen LogP contribution in [0.3, 0.4) is 0 Å². The monoisotopic (exact) mass is 181 g/mol. The molecular formula is C12H23N. The van der Waals surface area contributed by atoms with Gasteiger partial charge in [-0.05, 0) is 18.3 Å². The third kappa shape index (κ3) is 4.93. The highest BCUT2D eigenvalue weighted by Gasteiger charge is 2.20. The Labute approximate surface area is 83.1 Å². The van der Waals surface area contributed by atoms with Crippen molar-refractivity contribution in [3.8, 4) is 6.07 Å². The van der Waals surface area contributed by atoms with Gasteiger partial charge in [0.1, 0.15) is 0 Å². The summed E-state index contributed by atoms with van der Waals surface area (Å²) in [4.78, 5) is 0. The molecule has 0 aromatic rings. The van der Waals surface area contributed by atoms with Crippen LogP contribution in [0.4, 0.5) is 0 Å². The van der Waals surface area contributed by atoms with Crippen LogP contribution in [-0.2, 0) is 0 Å². The lowest BCUT2D eigenvalue weighted by molar-refractivity contribution is 0.349. The molecule has 76 valence electrons. The molecule has 0 amide bonds. The Morgan fingerprint density at radius 2 is 1.85 bits per heavy atom. The molecule has 1 nitrogen and oxygen atoms in total. The van der Waals surface area contributed by atoms with Gasteiger partial charge in [-0.1, -0.05) is 46.5 Å². The molecular weight excluding hydrogens is 158 g/mol. The van der Waals surface area contributed by atoms with E-state index in [9.17, 15) is 0 Å². The van der Waals surface area contributed by atoms with Crippen LogP contribution in [0, 0.1) is 23.2 Å². The zero-order chi connectivity index (χ0) is 10.1. The van der Waals surface area contributed by atoms with Crippen molar-refractivity contribution < 1.29 is 0 Å². The van der Waals surface area contributed by atoms with E-state index in [2.05, 4.69) is 13.0 Å². The first-order chi connectivity index (χ1) is 6.34. The summed E-state index contributed by atoms with van der Waals surface area (Å²) in [6.45, 7) is 6.30. The number of rotatable bonds is 3. The first-order valence-electron chi connectivity index (χ1n) is 5.71. The lowest BCUT2D eigenvalue weighted by Crippen LogP contribution is -2.06. The summed E-state index contributed by atoms with van der Waals surface area (Å²) in [7, 11) is 0. The minimum absolute atomic E-state index is 0.748. The van der Waals surface area contributed by atoms with Crippen molar-refractivity contribution in [2.75, 3.05) is 0 Å². The van der Waals surface area contributed by atoms with Crippen LogP contribution in [0.2, 0.25) is 0 Å². The fourth-order valence-corrected chi connectivity index (χ4v) is 2.05. The van der Waals surface area contributed by atoms with Crippen LogP contribution >= 0.6 is 0 Å². The third-order valence-electron chi connectivity index (χ3n) is 2.92. The van der Waals surface area contributed by atoms with Crippen molar-refractivity contribution in [3.63, 3.8) is 0 Å². The van der Waals surface area contributed by atoms with Crippen LogP contribution in [0.1, 0.15) is 59.3 Å². The molecule has 1 fully saturated rings. The average Bonchev–Trinajstić information content (AvgIpc) is 2.70. The summed E-state index contributed by atoms with van der Waals surface area (Å²) in [6, 6.07) is 2.22. The van der Waals surface area contributed by atoms with E-state index < -0.39 is 0 Å². The molecule has 0 N–H and O–H groups in total. The van der Waals surface area contributed by atoms with Crippen molar-refractivity contribution in [1.29, 1.82) is 5.26 Å². The van der Waals surface area contributed by atoms with E-state index >= 15 is 0 Å². The summed E-state index contributed by atoms with van der Waals surface area (Å²) >= 11 is 0. The third-order valence-corrected chi connectivity index (χ3v) is 2.92. The minimum atomic E-state index is 0.748. The van der Waals surface area contributed by atoms with Crippen LogP contribution in [0.25, 0.3) is 0 Å². The van der Waals surface area contributed by atoms with Gasteiger partial charge in [0.15, 0.2) is 0 Å². The van der Waals surface area contributed by atoms with E-state index in [1.165, 1.54) is 25.7 Å². The molecule has 0 radical (unpaired) electrons. The molecule has 0 aromatic heterocycles. The SMILES string of the molecule is CC.CC(CCC#N)C1CCCC1. The van der Waals surface area contributed by atoms with Gasteiger partial charge < -0.3 is 0 Å². The summed E-state index contributed by atoms with van der Waals surface area (Å²) in [5.41, 5.74) is 0. The van der Waals surface area contributed by atoms with Gasteiger partial charge in [-0.15, -0.1) is 0 Å². The predicted octanol–water partition coefficient (Wildman–Crippen LogP) is 4.14. The van der Waals surface area contributed by atoms with Gasteiger partial charge in [-0.25, -0.2) is 0 Å². The zero-order valence-electron chi connectivity index (χ0n) is 9.34. The molecule has 0 saturated heterocycles. The molecule has 1 saturated carbocycles. The van der Waals surface area contributed by atoms with Crippen molar-refractivity contribution in [2.45, 2.75) is 59.3 Å². The molecule has 0 spiro atoms. The summed E-state index contributed by atoms with van der Waals surface area (Å²) in [5, 5.41) is 8.41. The average molecular weight is 181 g/mol. The van der Waals surface area contributed by atoms with Crippen LogP contribution in [0.15, 0.2) is 0 Å². The van der Waals surface area contributed by atoms with Crippen LogP contribution < -0.4 is 0 Å². The van der Waals surface area contributed by atoms with E-state index in [1.807, 2.05) is 13.8 Å². The van der Waals surface area contributed by atoms with E-state index in [4.69, 9.17) is 5.26 Å². The van der Waals surface area contributed by atoms with Gasteiger partial charge in [-0.3, -0.25) is 0 Å². The maximum Gasteiger partial charge on any atom is 0.0621 e. The molecule has 1 unspecified atom stereocenters. The van der Waals surface area contributed by atoms with Crippen molar-refractivity contribution in [2.24, 2.45) is 11.8 Å². The quantitative estimate of drug-likeness (QED) is 0.642. The second-order valence-corrected chi connectivity index (χ2v) is 3.72. The normalized spacial score (nSPS) is 18.6. The maximum atomic E-state index is 8.41. The largest absolute Gasteiger partial charge is 0.198 e. The smallest absolute Gasteiger partial charge is 0.0621 e. The molecule has 1 atom stereocenters. The van der Waals surface area contributed by atoms with E-state index in [-0.39, 0.29) is 0 Å². The van der Waals surface area contributed by atoms with Gasteiger partial charge in [0.2, 0.25) is 0 Å². The lowest BCUT2D eigenvalue weighted by atomic mass is 9.89. The molecule has 1 rings (SSSR count). The molecule has 1 aliphatic carbocycles. The highest BCUT2D eigenvalue weighted by Crippen LogP contribution is 2.33. The van der Waals surface area contributed by atoms with Gasteiger partial charge in [0, 0.05) is 6.42 Å². The molecule has 0 aromatic carbocycles. The van der Waals surface area contributed by atoms with Crippen molar-refractivity contribution >= 4 is 0 Å². The van der Waals surface area contributed by atoms with Crippen molar-refractivity contribution in [1.82, 2.24) is 0 Å². The Bertz CT molecular complexity index is 140. The molecule has 13 heavy (non-hydrogen) atoms. The summed E-state index contributed by atoms with van der Waals surface area (Å²) < 4.78 is 0. The fourth-order valence-electron chi connectivity index (χ4n) is 2.05. The predicted molar refractivity (Wildman–Crippen MR) is 57.3 cm³/mol. The van der Waals surface area contributed by atoms with Crippen LogP contribution in [0.5, 0.6) is 0 Å². The Kier molecular flexibility index (Phi) is 7.79. The number of nitriles is 1. The second-order valence-electron chi connectivity index (χ2n) is 3.72. The van der Waals surface area contributed by atoms with Gasteiger partial charge in [0.05, 0.1) is 6.07 Å². The first kappa shape index (κ1) is 12.5. The van der Waals surface area contributed by atoms with E-state index in [1.54, 1.807) is 0 Å².